The van der Waals surface area contributed by atoms with E-state index in [1.54, 1.807) is 17.0 Å². The molecule has 2 bridgehead atoms. The maximum absolute atomic E-state index is 13.6. The van der Waals surface area contributed by atoms with Crippen LogP contribution in [0.2, 0.25) is 0 Å². The normalized spacial score (nSPS) is 22.8. The molecule has 2 heterocycles. The molecule has 0 saturated carbocycles. The molecule has 1 aromatic carbocycles. The van der Waals surface area contributed by atoms with Gasteiger partial charge in [0.15, 0.2) is 0 Å². The maximum atomic E-state index is 13.6. The molecule has 2 unspecified atom stereocenters. The topological polar surface area (TPSA) is 62.6 Å². The van der Waals surface area contributed by atoms with Gasteiger partial charge in [-0.2, -0.15) is 5.26 Å². The fourth-order valence-electron chi connectivity index (χ4n) is 3.22. The number of morpholine rings is 1. The lowest BCUT2D eigenvalue weighted by Crippen LogP contribution is -2.57. The first-order chi connectivity index (χ1) is 11.8. The summed E-state index contributed by atoms with van der Waals surface area (Å²) < 4.78 is 24.7. The lowest BCUT2D eigenvalue weighted by Gasteiger charge is -2.44. The number of hydrogen-bond donors (Lipinski definition) is 0. The number of carbonyl (C=O) groups is 1. The Morgan fingerprint density at radius 3 is 2.80 bits per heavy atom. The van der Waals surface area contributed by atoms with Crippen LogP contribution in [0.3, 0.4) is 0 Å². The molecular formula is C19H21FN2O3. The van der Waals surface area contributed by atoms with Gasteiger partial charge in [0.05, 0.1) is 30.9 Å². The third-order valence-electron chi connectivity index (χ3n) is 4.26. The number of benzene rings is 1. The Kier molecular flexibility index (Phi) is 4.53. The molecule has 0 spiro atoms. The van der Waals surface area contributed by atoms with E-state index in [4.69, 9.17) is 14.7 Å². The van der Waals surface area contributed by atoms with Crippen molar-refractivity contribution in [3.8, 4) is 6.07 Å². The molecule has 0 aromatic heterocycles. The average molecular weight is 344 g/mol. The molecular weight excluding hydrogens is 323 g/mol. The van der Waals surface area contributed by atoms with E-state index in [-0.39, 0.29) is 23.7 Å². The maximum Gasteiger partial charge on any atom is 0.411 e. The third kappa shape index (κ3) is 3.67. The zero-order chi connectivity index (χ0) is 18.2. The van der Waals surface area contributed by atoms with Crippen LogP contribution in [0.25, 0.3) is 5.57 Å². The molecule has 1 fully saturated rings. The van der Waals surface area contributed by atoms with Crippen LogP contribution in [0.5, 0.6) is 0 Å². The van der Waals surface area contributed by atoms with E-state index in [2.05, 4.69) is 0 Å². The molecule has 5 nitrogen and oxygen atoms in total. The van der Waals surface area contributed by atoms with Crippen molar-refractivity contribution in [2.45, 2.75) is 44.9 Å². The SMILES string of the molecule is CC(C)(C)OC(=O)N1C2C=C(c3ccc(F)c(C#N)c3)CC1COC2. The average Bonchev–Trinajstić information content (AvgIpc) is 2.52. The quantitative estimate of drug-likeness (QED) is 0.782. The molecule has 2 aliphatic heterocycles. The second-order valence-electron chi connectivity index (χ2n) is 7.35. The summed E-state index contributed by atoms with van der Waals surface area (Å²) in [5.74, 6) is -0.526. The summed E-state index contributed by atoms with van der Waals surface area (Å²) in [5.41, 5.74) is 1.26. The van der Waals surface area contributed by atoms with E-state index in [0.717, 1.165) is 11.1 Å². The third-order valence-corrected chi connectivity index (χ3v) is 4.26. The molecule has 132 valence electrons. The van der Waals surface area contributed by atoms with Gasteiger partial charge in [0.25, 0.3) is 0 Å². The highest BCUT2D eigenvalue weighted by atomic mass is 19.1. The Morgan fingerprint density at radius 1 is 1.40 bits per heavy atom. The van der Waals surface area contributed by atoms with E-state index in [0.29, 0.717) is 19.6 Å². The molecule has 2 aliphatic rings. The van der Waals surface area contributed by atoms with Gasteiger partial charge in [-0.3, -0.25) is 4.90 Å². The van der Waals surface area contributed by atoms with Crippen LogP contribution in [0, 0.1) is 17.1 Å². The van der Waals surface area contributed by atoms with Gasteiger partial charge in [-0.1, -0.05) is 12.1 Å². The summed E-state index contributed by atoms with van der Waals surface area (Å²) in [4.78, 5) is 14.3. The monoisotopic (exact) mass is 344 g/mol. The summed E-state index contributed by atoms with van der Waals surface area (Å²) in [5, 5.41) is 9.03. The molecule has 1 aromatic rings. The minimum atomic E-state index is -0.561. The smallest absolute Gasteiger partial charge is 0.411 e. The summed E-state index contributed by atoms with van der Waals surface area (Å²) >= 11 is 0. The number of fused-ring (bicyclic) bond motifs is 2. The molecule has 0 aliphatic carbocycles. The largest absolute Gasteiger partial charge is 0.444 e. The molecule has 25 heavy (non-hydrogen) atoms. The Labute approximate surface area is 146 Å². The van der Waals surface area contributed by atoms with E-state index in [1.165, 1.54) is 6.07 Å². The van der Waals surface area contributed by atoms with Crippen LogP contribution in [0.1, 0.15) is 38.3 Å². The molecule has 1 amide bonds. The number of nitriles is 1. The van der Waals surface area contributed by atoms with Gasteiger partial charge in [-0.25, -0.2) is 9.18 Å². The van der Waals surface area contributed by atoms with Crippen LogP contribution in [-0.4, -0.2) is 41.9 Å². The van der Waals surface area contributed by atoms with Gasteiger partial charge in [0, 0.05) is 0 Å². The van der Waals surface area contributed by atoms with Crippen LogP contribution in [-0.2, 0) is 9.47 Å². The Hall–Kier alpha value is -2.39. The number of ether oxygens (including phenoxy) is 2. The van der Waals surface area contributed by atoms with Crippen molar-refractivity contribution < 1.29 is 18.7 Å². The summed E-state index contributed by atoms with van der Waals surface area (Å²) in [6, 6.07) is 6.03. The second kappa shape index (κ2) is 6.49. The summed E-state index contributed by atoms with van der Waals surface area (Å²) in [6.45, 7) is 6.34. The number of halogens is 1. The molecule has 3 rings (SSSR count). The lowest BCUT2D eigenvalue weighted by atomic mass is 9.89. The molecule has 0 radical (unpaired) electrons. The van der Waals surface area contributed by atoms with Gasteiger partial charge in [-0.15, -0.1) is 0 Å². The molecule has 2 atom stereocenters. The minimum Gasteiger partial charge on any atom is -0.444 e. The first-order valence-electron chi connectivity index (χ1n) is 8.28. The van der Waals surface area contributed by atoms with Crippen molar-refractivity contribution in [2.75, 3.05) is 13.2 Å². The Bertz CT molecular complexity index is 761. The number of amides is 1. The van der Waals surface area contributed by atoms with Crippen molar-refractivity contribution in [1.82, 2.24) is 4.90 Å². The van der Waals surface area contributed by atoms with Gasteiger partial charge < -0.3 is 9.47 Å². The predicted molar refractivity (Wildman–Crippen MR) is 90.2 cm³/mol. The number of hydrogen-bond acceptors (Lipinski definition) is 4. The fourth-order valence-corrected chi connectivity index (χ4v) is 3.22. The fraction of sp³-hybridized carbons (Fsp3) is 0.474. The van der Waals surface area contributed by atoms with Gasteiger partial charge in [-0.05, 0) is 50.5 Å². The first-order valence-corrected chi connectivity index (χ1v) is 8.28. The molecule has 6 heteroatoms. The van der Waals surface area contributed by atoms with E-state index < -0.39 is 11.4 Å². The standard InChI is InChI=1S/C19H21FN2O3/c1-19(2,3)25-18(23)22-15-7-13(8-16(22)11-24-10-15)12-4-5-17(20)14(6-12)9-21/h4-7,15-16H,8,10-11H2,1-3H3. The van der Waals surface area contributed by atoms with E-state index in [1.807, 2.05) is 32.9 Å². The molecule has 0 N–H and O–H groups in total. The van der Waals surface area contributed by atoms with Crippen LogP contribution in [0.4, 0.5) is 9.18 Å². The number of nitrogens with zero attached hydrogens (tertiary/aromatic N) is 2. The predicted octanol–water partition coefficient (Wildman–Crippen LogP) is 3.49. The van der Waals surface area contributed by atoms with Crippen molar-refractivity contribution in [3.63, 3.8) is 0 Å². The van der Waals surface area contributed by atoms with Crippen molar-refractivity contribution >= 4 is 11.7 Å². The summed E-state index contributed by atoms with van der Waals surface area (Å²) in [7, 11) is 0. The Morgan fingerprint density at radius 2 is 2.16 bits per heavy atom. The highest BCUT2D eigenvalue weighted by Crippen LogP contribution is 2.34. The molecule has 1 saturated heterocycles. The second-order valence-corrected chi connectivity index (χ2v) is 7.35. The van der Waals surface area contributed by atoms with Crippen molar-refractivity contribution in [3.05, 3.63) is 41.2 Å². The highest BCUT2D eigenvalue weighted by molar-refractivity contribution is 5.75. The van der Waals surface area contributed by atoms with Gasteiger partial charge >= 0.3 is 6.09 Å². The van der Waals surface area contributed by atoms with Crippen molar-refractivity contribution in [2.24, 2.45) is 0 Å². The van der Waals surface area contributed by atoms with Crippen molar-refractivity contribution in [1.29, 1.82) is 5.26 Å². The Balaban J connectivity index is 1.89. The first kappa shape index (κ1) is 17.4. The van der Waals surface area contributed by atoms with E-state index >= 15 is 0 Å². The minimum absolute atomic E-state index is 0.0226. The van der Waals surface area contributed by atoms with Gasteiger partial charge in [0.1, 0.15) is 17.5 Å². The number of carbonyl (C=O) groups excluding carboxylic acids is 1. The van der Waals surface area contributed by atoms with Crippen LogP contribution in [0.15, 0.2) is 24.3 Å². The summed E-state index contributed by atoms with van der Waals surface area (Å²) in [6.07, 6.45) is 2.18. The van der Waals surface area contributed by atoms with E-state index in [9.17, 15) is 9.18 Å². The lowest BCUT2D eigenvalue weighted by molar-refractivity contribution is -0.0510. The zero-order valence-electron chi connectivity index (χ0n) is 14.6. The van der Waals surface area contributed by atoms with Crippen LogP contribution >= 0.6 is 0 Å². The zero-order valence-corrected chi connectivity index (χ0v) is 14.6. The number of rotatable bonds is 1. The highest BCUT2D eigenvalue weighted by Gasteiger charge is 2.40. The van der Waals surface area contributed by atoms with Crippen LogP contribution < -0.4 is 0 Å². The van der Waals surface area contributed by atoms with Gasteiger partial charge in [0.2, 0.25) is 0 Å².